The molecule has 1 aliphatic rings. The second-order valence-corrected chi connectivity index (χ2v) is 12.6. The quantitative estimate of drug-likeness (QED) is 0.277. The minimum atomic E-state index is -3.69. The van der Waals surface area contributed by atoms with Crippen LogP contribution < -0.4 is 10.9 Å². The van der Waals surface area contributed by atoms with E-state index in [2.05, 4.69) is 20.3 Å². The van der Waals surface area contributed by atoms with Gasteiger partial charge in [-0.1, -0.05) is 30.3 Å². The maximum absolute atomic E-state index is 13.8. The lowest BCUT2D eigenvalue weighted by atomic mass is 10.1. The van der Waals surface area contributed by atoms with Crippen LogP contribution in [0.2, 0.25) is 0 Å². The molecule has 0 amide bonds. The summed E-state index contributed by atoms with van der Waals surface area (Å²) in [6.45, 7) is 5.18. The zero-order valence-corrected chi connectivity index (χ0v) is 25.0. The van der Waals surface area contributed by atoms with Crippen molar-refractivity contribution in [3.05, 3.63) is 101 Å². The van der Waals surface area contributed by atoms with Gasteiger partial charge in [0.2, 0.25) is 10.0 Å². The molecule has 44 heavy (non-hydrogen) atoms. The number of hydrogen-bond donors (Lipinski definition) is 2. The van der Waals surface area contributed by atoms with Crippen LogP contribution in [0.5, 0.6) is 0 Å². The van der Waals surface area contributed by atoms with Gasteiger partial charge in [0.1, 0.15) is 23.3 Å². The lowest BCUT2D eigenvalue weighted by molar-refractivity contribution is 0.0730. The fourth-order valence-corrected chi connectivity index (χ4v) is 7.12. The first-order valence-electron chi connectivity index (χ1n) is 14.3. The monoisotopic (exact) mass is 610 g/mol. The van der Waals surface area contributed by atoms with Crippen molar-refractivity contribution in [1.82, 2.24) is 33.4 Å². The standard InChI is InChI=1S/C31H30N8O4S/c1-20-11-12-38-27(20)31(40)39(23-8-4-3-5-9-23)30(36-38)21(2)35-29-26-25(18-32-28(26)33-19-34-29)22-7-6-10-24(17-22)44(41,42)37-13-15-43-16-14-37/h3-12,17-19,21H,13-16H2,1-2H3,(H2,32,33,34,35)/t21-/m0/s1. The van der Waals surface area contributed by atoms with Crippen LogP contribution >= 0.6 is 0 Å². The molecular formula is C31H30N8O4S. The van der Waals surface area contributed by atoms with Crippen molar-refractivity contribution in [2.45, 2.75) is 24.8 Å². The van der Waals surface area contributed by atoms with Gasteiger partial charge in [0.25, 0.3) is 5.56 Å². The van der Waals surface area contributed by atoms with Gasteiger partial charge in [0, 0.05) is 31.0 Å². The highest BCUT2D eigenvalue weighted by atomic mass is 32.2. The van der Waals surface area contributed by atoms with Gasteiger partial charge in [0.05, 0.1) is 35.2 Å². The molecule has 2 N–H and O–H groups in total. The number of para-hydroxylation sites is 1. The second-order valence-electron chi connectivity index (χ2n) is 10.7. The Labute approximate surface area is 253 Å². The molecule has 2 aromatic carbocycles. The van der Waals surface area contributed by atoms with Crippen LogP contribution in [-0.4, -0.2) is 68.2 Å². The van der Waals surface area contributed by atoms with Crippen LogP contribution in [0.3, 0.4) is 0 Å². The van der Waals surface area contributed by atoms with Crippen molar-refractivity contribution in [1.29, 1.82) is 0 Å². The minimum absolute atomic E-state index is 0.175. The number of hydrogen-bond acceptors (Lipinski definition) is 8. The van der Waals surface area contributed by atoms with Gasteiger partial charge < -0.3 is 15.0 Å². The third-order valence-corrected chi connectivity index (χ3v) is 9.79. The summed E-state index contributed by atoms with van der Waals surface area (Å²) >= 11 is 0. The molecule has 224 valence electrons. The first-order valence-corrected chi connectivity index (χ1v) is 15.7. The molecule has 0 radical (unpaired) electrons. The molecule has 5 heterocycles. The van der Waals surface area contributed by atoms with Crippen molar-refractivity contribution < 1.29 is 13.2 Å². The smallest absolute Gasteiger partial charge is 0.282 e. The zero-order valence-electron chi connectivity index (χ0n) is 24.1. The average molecular weight is 611 g/mol. The number of rotatable bonds is 7. The molecule has 0 aliphatic carbocycles. The molecule has 4 aromatic heterocycles. The zero-order chi connectivity index (χ0) is 30.4. The fraction of sp³-hybridized carbons (Fsp3) is 0.226. The predicted molar refractivity (Wildman–Crippen MR) is 166 cm³/mol. The lowest BCUT2D eigenvalue weighted by Crippen LogP contribution is -2.40. The first kappa shape index (κ1) is 28.0. The molecule has 1 atom stereocenters. The van der Waals surface area contributed by atoms with E-state index in [-0.39, 0.29) is 10.5 Å². The highest BCUT2D eigenvalue weighted by Crippen LogP contribution is 2.35. The van der Waals surface area contributed by atoms with Crippen molar-refractivity contribution in [3.8, 4) is 16.8 Å². The predicted octanol–water partition coefficient (Wildman–Crippen LogP) is 3.93. The van der Waals surface area contributed by atoms with E-state index in [0.717, 1.165) is 11.1 Å². The van der Waals surface area contributed by atoms with Crippen LogP contribution in [0.15, 0.2) is 89.1 Å². The van der Waals surface area contributed by atoms with Gasteiger partial charge >= 0.3 is 0 Å². The molecule has 0 unspecified atom stereocenters. The molecule has 1 aliphatic heterocycles. The van der Waals surface area contributed by atoms with E-state index < -0.39 is 16.1 Å². The Hall–Kier alpha value is -4.85. The van der Waals surface area contributed by atoms with Crippen molar-refractivity contribution in [3.63, 3.8) is 0 Å². The largest absolute Gasteiger partial charge is 0.379 e. The number of nitrogens with zero attached hydrogens (tertiary/aromatic N) is 6. The number of sulfonamides is 1. The number of aromatic nitrogens is 6. The van der Waals surface area contributed by atoms with Crippen molar-refractivity contribution >= 4 is 32.4 Å². The van der Waals surface area contributed by atoms with Crippen molar-refractivity contribution in [2.24, 2.45) is 0 Å². The van der Waals surface area contributed by atoms with Gasteiger partial charge in [-0.05, 0) is 55.3 Å². The number of nitrogens with one attached hydrogen (secondary N) is 2. The number of morpholine rings is 1. The normalized spacial score (nSPS) is 15.1. The summed E-state index contributed by atoms with van der Waals surface area (Å²) in [7, 11) is -3.69. The molecule has 0 bridgehead atoms. The molecule has 12 nitrogen and oxygen atoms in total. The molecule has 1 fully saturated rings. The summed E-state index contributed by atoms with van der Waals surface area (Å²) in [4.78, 5) is 26.2. The highest BCUT2D eigenvalue weighted by molar-refractivity contribution is 7.89. The van der Waals surface area contributed by atoms with Gasteiger partial charge in [-0.2, -0.15) is 9.40 Å². The Balaban J connectivity index is 1.30. The Bertz CT molecular complexity index is 2170. The summed E-state index contributed by atoms with van der Waals surface area (Å²) in [5.41, 5.74) is 3.88. The van der Waals surface area contributed by atoms with Crippen molar-refractivity contribution in [2.75, 3.05) is 31.6 Å². The van der Waals surface area contributed by atoms with E-state index in [1.807, 2.05) is 56.3 Å². The number of ether oxygens (including phenoxy) is 1. The van der Waals surface area contributed by atoms with Gasteiger partial charge in [-0.25, -0.2) is 22.9 Å². The summed E-state index contributed by atoms with van der Waals surface area (Å²) in [5, 5.41) is 8.99. The third kappa shape index (κ3) is 4.75. The molecular weight excluding hydrogens is 580 g/mol. The molecule has 7 rings (SSSR count). The number of H-pyrrole nitrogens is 1. The number of aryl methyl sites for hydroxylation is 1. The summed E-state index contributed by atoms with van der Waals surface area (Å²) in [6, 6.07) is 17.7. The molecule has 0 spiro atoms. The maximum atomic E-state index is 13.8. The van der Waals surface area contributed by atoms with Gasteiger partial charge in [-0.15, -0.1) is 0 Å². The summed E-state index contributed by atoms with van der Waals surface area (Å²) in [5.74, 6) is 1.00. The van der Waals surface area contributed by atoms with Gasteiger partial charge in [-0.3, -0.25) is 9.36 Å². The minimum Gasteiger partial charge on any atom is -0.379 e. The number of fused-ring (bicyclic) bond motifs is 2. The lowest BCUT2D eigenvalue weighted by Gasteiger charge is -2.26. The molecule has 13 heteroatoms. The van der Waals surface area contributed by atoms with E-state index >= 15 is 0 Å². The Morgan fingerprint density at radius 2 is 1.82 bits per heavy atom. The third-order valence-electron chi connectivity index (χ3n) is 7.89. The van der Waals surface area contributed by atoms with Crippen LogP contribution in [-0.2, 0) is 14.8 Å². The number of benzene rings is 2. The van der Waals surface area contributed by atoms with E-state index in [1.54, 1.807) is 39.7 Å². The fourth-order valence-electron chi connectivity index (χ4n) is 5.67. The Morgan fingerprint density at radius 1 is 1.02 bits per heavy atom. The Morgan fingerprint density at radius 3 is 2.61 bits per heavy atom. The van der Waals surface area contributed by atoms with Gasteiger partial charge in [0.15, 0.2) is 5.82 Å². The highest BCUT2D eigenvalue weighted by Gasteiger charge is 2.27. The van der Waals surface area contributed by atoms with Crippen LogP contribution in [0.4, 0.5) is 5.82 Å². The molecule has 6 aromatic rings. The maximum Gasteiger partial charge on any atom is 0.282 e. The molecule has 1 saturated heterocycles. The number of anilines is 1. The first-order chi connectivity index (χ1) is 21.3. The van der Waals surface area contributed by atoms with E-state index in [0.29, 0.717) is 65.7 Å². The molecule has 0 saturated carbocycles. The second kappa shape index (κ2) is 11.0. The average Bonchev–Trinajstić information content (AvgIpc) is 3.66. The Kier molecular flexibility index (Phi) is 6.99. The van der Waals surface area contributed by atoms with Crippen LogP contribution in [0, 0.1) is 6.92 Å². The SMILES string of the molecule is Cc1ccn2nc([C@H](C)Nc3ncnc4[nH]cc(-c5cccc(S(=O)(=O)N6CCOCC6)c5)c34)n(-c3ccccc3)c(=O)c12. The summed E-state index contributed by atoms with van der Waals surface area (Å²) in [6.07, 6.45) is 5.03. The summed E-state index contributed by atoms with van der Waals surface area (Å²) < 4.78 is 36.8. The van der Waals surface area contributed by atoms with E-state index in [1.165, 1.54) is 10.6 Å². The van der Waals surface area contributed by atoms with E-state index in [4.69, 9.17) is 9.84 Å². The number of aromatic amines is 1. The van der Waals surface area contributed by atoms with Crippen LogP contribution in [0.25, 0.3) is 33.4 Å². The van der Waals surface area contributed by atoms with E-state index in [9.17, 15) is 13.2 Å². The topological polar surface area (TPSA) is 140 Å². The van der Waals surface area contributed by atoms with Crippen LogP contribution in [0.1, 0.15) is 24.4 Å².